The molecule has 154 valence electrons. The molecule has 0 aromatic rings. The zero-order chi connectivity index (χ0) is 15.4. The van der Waals surface area contributed by atoms with Crippen LogP contribution in [0.4, 0.5) is 0 Å². The summed E-state index contributed by atoms with van der Waals surface area (Å²) in [4.78, 5) is 13.1. The van der Waals surface area contributed by atoms with Crippen LogP contribution in [0.2, 0.25) is 0 Å². The Labute approximate surface area is 150 Å². The molecule has 0 bridgehead atoms. The van der Waals surface area contributed by atoms with Gasteiger partial charge in [0.05, 0.1) is 13.2 Å². The Kier molecular flexibility index (Phi) is 155. The highest BCUT2D eigenvalue weighted by Crippen LogP contribution is 1.57. The summed E-state index contributed by atoms with van der Waals surface area (Å²) in [6.07, 6.45) is 1.75. The second-order valence-electron chi connectivity index (χ2n) is 2.04. The van der Waals surface area contributed by atoms with Gasteiger partial charge in [0.15, 0.2) is 12.7 Å². The average Bonchev–Trinajstić information content (AvgIpc) is 2.43. The third-order valence-electron chi connectivity index (χ3n) is 0.665. The largest absolute Gasteiger partial charge is 0.472 e. The lowest BCUT2D eigenvalue weighted by atomic mass is 10.5. The zero-order valence-corrected chi connectivity index (χ0v) is 11.0. The molecule has 0 aliphatic carbocycles. The molecular formula is C15H36O10+2. The molecule has 0 heterocycles. The van der Waals surface area contributed by atoms with Crippen molar-refractivity contribution in [3.63, 3.8) is 0 Å². The SMILES string of the molecule is C.C.C.C.O.O=C(O)C#CC#CC#COO.OCCO.OCC[OH2+].[OH3+]. The standard InChI is InChI=1S/C7H2O4.2C2H6O2.4CH4.2H2O/c8-7(9)5-3-1-2-4-6-11-10;2*3-1-2-4;;;;;;/h10H,(H,8,9);2*3-4H,1-2H2;4*1H4;2*1H2/p+2. The second kappa shape index (κ2) is 68.0. The van der Waals surface area contributed by atoms with Gasteiger partial charge in [-0.2, -0.15) is 5.26 Å². The Hall–Kier alpha value is -2.33. The van der Waals surface area contributed by atoms with Crippen molar-refractivity contribution in [2.24, 2.45) is 0 Å². The molecule has 0 fully saturated rings. The van der Waals surface area contributed by atoms with Gasteiger partial charge in [-0.25, -0.2) is 4.79 Å². The summed E-state index contributed by atoms with van der Waals surface area (Å²) in [5.74, 6) is 8.71. The number of rotatable bonds is 2. The molecule has 0 aliphatic heterocycles. The highest BCUT2D eigenvalue weighted by molar-refractivity contribution is 5.87. The van der Waals surface area contributed by atoms with Gasteiger partial charge in [0.25, 0.3) is 0 Å². The molecule has 25 heavy (non-hydrogen) atoms. The van der Waals surface area contributed by atoms with Crippen molar-refractivity contribution in [1.82, 2.24) is 0 Å². The van der Waals surface area contributed by atoms with Crippen LogP contribution in [0.25, 0.3) is 0 Å². The summed E-state index contributed by atoms with van der Waals surface area (Å²) in [6, 6.07) is 0. The van der Waals surface area contributed by atoms with E-state index in [4.69, 9.17) is 30.8 Å². The normalized spacial score (nSPS) is 4.68. The topological polar surface area (TPSA) is 215 Å². The van der Waals surface area contributed by atoms with Crippen molar-refractivity contribution >= 4 is 5.97 Å². The first-order valence-corrected chi connectivity index (χ1v) is 4.62. The third kappa shape index (κ3) is 143. The van der Waals surface area contributed by atoms with Gasteiger partial charge >= 0.3 is 5.97 Å². The van der Waals surface area contributed by atoms with Crippen molar-refractivity contribution in [2.75, 3.05) is 26.4 Å². The fourth-order valence-corrected chi connectivity index (χ4v) is 0.196. The fraction of sp³-hybridized carbons (Fsp3) is 0.533. The summed E-state index contributed by atoms with van der Waals surface area (Å²) in [6.45, 7) is -0.139. The molecule has 0 unspecified atom stereocenters. The van der Waals surface area contributed by atoms with E-state index in [2.05, 4.69) is 16.7 Å². The van der Waals surface area contributed by atoms with E-state index in [1.165, 1.54) is 0 Å². The molecule has 0 amide bonds. The van der Waals surface area contributed by atoms with Crippen LogP contribution >= 0.6 is 0 Å². The number of hydrogen-bond donors (Lipinski definition) is 5. The van der Waals surface area contributed by atoms with Crippen LogP contribution < -0.4 is 0 Å². The summed E-state index contributed by atoms with van der Waals surface area (Å²) < 4.78 is 0. The van der Waals surface area contributed by atoms with Gasteiger partial charge in [-0.05, 0) is 11.8 Å². The number of carboxylic acids is 1. The third-order valence-corrected chi connectivity index (χ3v) is 0.665. The molecule has 10 nitrogen and oxygen atoms in total. The quantitative estimate of drug-likeness (QED) is 0.158. The van der Waals surface area contributed by atoms with Gasteiger partial charge in [0, 0.05) is 17.8 Å². The zero-order valence-electron chi connectivity index (χ0n) is 11.0. The van der Waals surface area contributed by atoms with Crippen molar-refractivity contribution in [2.45, 2.75) is 29.7 Å². The summed E-state index contributed by atoms with van der Waals surface area (Å²) in [5, 5.41) is 44.8. The Balaban J connectivity index is -0.0000000229. The van der Waals surface area contributed by atoms with E-state index < -0.39 is 5.97 Å². The van der Waals surface area contributed by atoms with E-state index in [1.54, 1.807) is 12.0 Å². The molecule has 0 aromatic carbocycles. The Bertz CT molecular complexity index is 368. The predicted molar refractivity (Wildman–Crippen MR) is 99.8 cm³/mol. The lowest BCUT2D eigenvalue weighted by Crippen LogP contribution is -1.85. The van der Waals surface area contributed by atoms with E-state index in [-0.39, 0.29) is 67.1 Å². The first kappa shape index (κ1) is 57.0. The number of aliphatic carboxylic acids is 1. The van der Waals surface area contributed by atoms with Crippen LogP contribution in [0.1, 0.15) is 29.7 Å². The average molecular weight is 376 g/mol. The molecular weight excluding hydrogens is 340 g/mol. The van der Waals surface area contributed by atoms with Gasteiger partial charge in [-0.1, -0.05) is 29.7 Å². The summed E-state index contributed by atoms with van der Waals surface area (Å²) in [5.41, 5.74) is 0. The lowest BCUT2D eigenvalue weighted by molar-refractivity contribution is -0.171. The number of carboxylic acid groups (broad SMARTS) is 1. The van der Waals surface area contributed by atoms with Crippen LogP contribution in [-0.2, 0) is 15.2 Å². The van der Waals surface area contributed by atoms with Gasteiger partial charge in [-0.15, -0.1) is 0 Å². The number of hydrogen-bond acceptors (Lipinski definition) is 6. The minimum absolute atomic E-state index is 0. The van der Waals surface area contributed by atoms with Crippen LogP contribution in [0.3, 0.4) is 0 Å². The maximum absolute atomic E-state index is 9.75. The summed E-state index contributed by atoms with van der Waals surface area (Å²) in [7, 11) is 0. The molecule has 0 rings (SSSR count). The molecule has 0 radical (unpaired) electrons. The highest BCUT2D eigenvalue weighted by atomic mass is 17.1. The van der Waals surface area contributed by atoms with Crippen LogP contribution in [0, 0.1) is 35.7 Å². The van der Waals surface area contributed by atoms with E-state index in [0.717, 1.165) is 0 Å². The second-order valence-corrected chi connectivity index (χ2v) is 2.04. The molecule has 0 aliphatic rings. The Morgan fingerprint density at radius 1 is 0.880 bits per heavy atom. The van der Waals surface area contributed by atoms with Crippen molar-refractivity contribution in [3.8, 4) is 35.7 Å². The van der Waals surface area contributed by atoms with E-state index in [9.17, 15) is 4.79 Å². The first-order chi connectivity index (χ1) is 9.10. The van der Waals surface area contributed by atoms with Crippen LogP contribution in [0.15, 0.2) is 0 Å². The maximum atomic E-state index is 9.75. The minimum atomic E-state index is -1.26. The number of carbonyl (C=O) groups is 1. The Morgan fingerprint density at radius 3 is 1.48 bits per heavy atom. The van der Waals surface area contributed by atoms with Crippen molar-refractivity contribution < 1.29 is 51.4 Å². The van der Waals surface area contributed by atoms with Gasteiger partial charge in [0.2, 0.25) is 0 Å². The molecule has 0 atom stereocenters. The predicted octanol–water partition coefficient (Wildman–Crippen LogP) is -2.00. The Morgan fingerprint density at radius 2 is 1.24 bits per heavy atom. The fourth-order valence-electron chi connectivity index (χ4n) is 0.196. The van der Waals surface area contributed by atoms with Crippen LogP contribution in [0.5, 0.6) is 0 Å². The lowest BCUT2D eigenvalue weighted by Gasteiger charge is -1.70. The minimum Gasteiger partial charge on any atom is -0.472 e. The maximum Gasteiger partial charge on any atom is 0.382 e. The molecule has 0 spiro atoms. The molecule has 10 heteroatoms. The van der Waals surface area contributed by atoms with E-state index >= 15 is 0 Å². The van der Waals surface area contributed by atoms with Gasteiger partial charge < -0.3 is 36.5 Å². The van der Waals surface area contributed by atoms with E-state index in [1.807, 2.05) is 11.8 Å². The number of aliphatic hydroxyl groups excluding tert-OH is 3. The molecule has 0 aromatic heterocycles. The molecule has 12 N–H and O–H groups in total. The van der Waals surface area contributed by atoms with Crippen molar-refractivity contribution in [1.29, 1.82) is 0 Å². The van der Waals surface area contributed by atoms with Gasteiger partial charge in [-0.3, -0.25) is 4.89 Å². The summed E-state index contributed by atoms with van der Waals surface area (Å²) >= 11 is 0. The smallest absolute Gasteiger partial charge is 0.382 e. The van der Waals surface area contributed by atoms with Gasteiger partial charge in [0.1, 0.15) is 6.61 Å². The monoisotopic (exact) mass is 376 g/mol. The van der Waals surface area contributed by atoms with Crippen LogP contribution in [-0.4, -0.2) is 68.7 Å². The first-order valence-electron chi connectivity index (χ1n) is 4.62. The molecule has 0 saturated carbocycles. The van der Waals surface area contributed by atoms with E-state index in [0.29, 0.717) is 0 Å². The number of aliphatic hydroxyl groups is 3. The van der Waals surface area contributed by atoms with Crippen molar-refractivity contribution in [3.05, 3.63) is 0 Å². The highest BCUT2D eigenvalue weighted by Gasteiger charge is 1.78. The molecule has 0 saturated heterocycles.